The smallest absolute Gasteiger partial charge is 0.0728 e. The third-order valence-electron chi connectivity index (χ3n) is 1.14. The molecule has 0 amide bonds. The van der Waals surface area contributed by atoms with E-state index in [9.17, 15) is 0 Å². The molecule has 0 aromatic rings. The van der Waals surface area contributed by atoms with Gasteiger partial charge in [0, 0.05) is 6.04 Å². The molecule has 36 valence electrons. The predicted octanol–water partition coefficient (Wildman–Crippen LogP) is -0.476. The van der Waals surface area contributed by atoms with Crippen LogP contribution in [-0.2, 0) is 0 Å². The summed E-state index contributed by atoms with van der Waals surface area (Å²) < 4.78 is 0. The molecule has 2 heteroatoms. The van der Waals surface area contributed by atoms with Crippen molar-refractivity contribution in [1.82, 2.24) is 10.6 Å². The highest BCUT2D eigenvalue weighted by atomic mass is 15.3. The Hall–Kier alpha value is -0.0800. The summed E-state index contributed by atoms with van der Waals surface area (Å²) in [5.41, 5.74) is 0. The van der Waals surface area contributed by atoms with Gasteiger partial charge in [-0.2, -0.15) is 0 Å². The Labute approximate surface area is 37.9 Å². The van der Waals surface area contributed by atoms with Crippen LogP contribution in [0.25, 0.3) is 0 Å². The Kier molecular flexibility index (Phi) is 0.821. The van der Waals surface area contributed by atoms with E-state index in [0.29, 0.717) is 12.2 Å². The average molecular weight is 86.1 g/mol. The summed E-state index contributed by atoms with van der Waals surface area (Å²) in [5.74, 6) is 0. The van der Waals surface area contributed by atoms with E-state index in [1.54, 1.807) is 0 Å². The lowest BCUT2D eigenvalue weighted by Crippen LogP contribution is -2.13. The van der Waals surface area contributed by atoms with Crippen molar-refractivity contribution in [2.24, 2.45) is 0 Å². The topological polar surface area (TPSA) is 34.0 Å². The van der Waals surface area contributed by atoms with Gasteiger partial charge in [0.05, 0.1) is 6.17 Å². The average Bonchev–Trinajstić information content (AvgIpc) is 2.19. The van der Waals surface area contributed by atoms with Crippen LogP contribution in [0.3, 0.4) is 0 Å². The SMILES string of the molecule is CNC1NC1C. The maximum absolute atomic E-state index is 3.17. The lowest BCUT2D eigenvalue weighted by Gasteiger charge is -1.82. The van der Waals surface area contributed by atoms with Gasteiger partial charge in [0.2, 0.25) is 0 Å². The van der Waals surface area contributed by atoms with Gasteiger partial charge in [-0.05, 0) is 14.0 Å². The van der Waals surface area contributed by atoms with Crippen molar-refractivity contribution < 1.29 is 0 Å². The van der Waals surface area contributed by atoms with E-state index in [1.807, 2.05) is 7.05 Å². The van der Waals surface area contributed by atoms with Gasteiger partial charge in [0.25, 0.3) is 0 Å². The summed E-state index contributed by atoms with van der Waals surface area (Å²) in [7, 11) is 1.96. The lowest BCUT2D eigenvalue weighted by molar-refractivity contribution is 0.775. The van der Waals surface area contributed by atoms with Crippen LogP contribution in [0, 0.1) is 0 Å². The van der Waals surface area contributed by atoms with E-state index in [1.165, 1.54) is 0 Å². The normalized spacial score (nSPS) is 43.0. The third-order valence-corrected chi connectivity index (χ3v) is 1.14. The van der Waals surface area contributed by atoms with Gasteiger partial charge >= 0.3 is 0 Å². The van der Waals surface area contributed by atoms with Crippen LogP contribution in [0.5, 0.6) is 0 Å². The Balaban J connectivity index is 2.09. The fraction of sp³-hybridized carbons (Fsp3) is 1.00. The Morgan fingerprint density at radius 1 is 1.67 bits per heavy atom. The van der Waals surface area contributed by atoms with Crippen LogP contribution in [0.15, 0.2) is 0 Å². The molecule has 0 spiro atoms. The number of likely N-dealkylation sites (N-methyl/N-ethyl adjacent to an activating group) is 1. The second-order valence-corrected chi connectivity index (χ2v) is 1.72. The second-order valence-electron chi connectivity index (χ2n) is 1.72. The molecule has 2 unspecified atom stereocenters. The minimum absolute atomic E-state index is 0.602. The molecule has 0 radical (unpaired) electrons. The molecule has 1 rings (SSSR count). The summed E-state index contributed by atoms with van der Waals surface area (Å²) >= 11 is 0. The van der Waals surface area contributed by atoms with Crippen LogP contribution in [0.4, 0.5) is 0 Å². The molecule has 0 aliphatic carbocycles. The molecule has 1 heterocycles. The zero-order valence-corrected chi connectivity index (χ0v) is 4.15. The molecule has 1 saturated heterocycles. The lowest BCUT2D eigenvalue weighted by atomic mass is 10.5. The van der Waals surface area contributed by atoms with E-state index in [4.69, 9.17) is 0 Å². The Morgan fingerprint density at radius 3 is 2.17 bits per heavy atom. The molecule has 2 atom stereocenters. The van der Waals surface area contributed by atoms with E-state index in [-0.39, 0.29) is 0 Å². The molecular formula is C4H10N2. The number of rotatable bonds is 1. The third kappa shape index (κ3) is 0.533. The molecule has 0 saturated carbocycles. The van der Waals surface area contributed by atoms with E-state index < -0.39 is 0 Å². The van der Waals surface area contributed by atoms with E-state index in [2.05, 4.69) is 17.6 Å². The quantitative estimate of drug-likeness (QED) is 0.423. The minimum atomic E-state index is 0.602. The van der Waals surface area contributed by atoms with Gasteiger partial charge in [-0.25, -0.2) is 0 Å². The highest BCUT2D eigenvalue weighted by molar-refractivity contribution is 4.90. The predicted molar refractivity (Wildman–Crippen MR) is 25.4 cm³/mol. The summed E-state index contributed by atoms with van der Waals surface area (Å²) in [6.07, 6.45) is 0.602. The fourth-order valence-corrected chi connectivity index (χ4v) is 0.561. The number of hydrogen-bond acceptors (Lipinski definition) is 2. The van der Waals surface area contributed by atoms with Gasteiger partial charge in [0.1, 0.15) is 0 Å². The highest BCUT2D eigenvalue weighted by Crippen LogP contribution is 2.02. The van der Waals surface area contributed by atoms with Crippen molar-refractivity contribution in [2.45, 2.75) is 19.1 Å². The molecule has 2 N–H and O–H groups in total. The summed E-state index contributed by atoms with van der Waals surface area (Å²) in [6.45, 7) is 2.15. The molecule has 0 aromatic heterocycles. The van der Waals surface area contributed by atoms with E-state index >= 15 is 0 Å². The molecular weight excluding hydrogens is 76.1 g/mol. The maximum Gasteiger partial charge on any atom is 0.0728 e. The number of hydrogen-bond donors (Lipinski definition) is 2. The Bertz CT molecular complexity index is 51.5. The first-order chi connectivity index (χ1) is 2.84. The standard InChI is InChI=1S/C4H10N2/c1-3-4(5-2)6-3/h3-6H,1-2H3. The van der Waals surface area contributed by atoms with Gasteiger partial charge in [-0.15, -0.1) is 0 Å². The zero-order chi connectivity index (χ0) is 4.57. The molecule has 1 fully saturated rings. The van der Waals surface area contributed by atoms with Crippen LogP contribution < -0.4 is 10.6 Å². The number of nitrogens with one attached hydrogen (secondary N) is 2. The summed E-state index contributed by atoms with van der Waals surface area (Å²) in [5, 5.41) is 6.25. The molecule has 2 nitrogen and oxygen atoms in total. The maximum atomic E-state index is 3.17. The van der Waals surface area contributed by atoms with Crippen molar-refractivity contribution in [1.29, 1.82) is 0 Å². The van der Waals surface area contributed by atoms with Gasteiger partial charge < -0.3 is 5.32 Å². The van der Waals surface area contributed by atoms with Crippen LogP contribution >= 0.6 is 0 Å². The second kappa shape index (κ2) is 1.21. The van der Waals surface area contributed by atoms with Gasteiger partial charge in [-0.1, -0.05) is 0 Å². The first-order valence-electron chi connectivity index (χ1n) is 2.28. The van der Waals surface area contributed by atoms with Crippen LogP contribution in [0.2, 0.25) is 0 Å². The molecule has 6 heavy (non-hydrogen) atoms. The first-order valence-corrected chi connectivity index (χ1v) is 2.28. The van der Waals surface area contributed by atoms with Crippen LogP contribution in [-0.4, -0.2) is 19.3 Å². The van der Waals surface area contributed by atoms with Crippen molar-refractivity contribution in [2.75, 3.05) is 7.05 Å². The van der Waals surface area contributed by atoms with Crippen molar-refractivity contribution in [3.05, 3.63) is 0 Å². The van der Waals surface area contributed by atoms with Crippen molar-refractivity contribution >= 4 is 0 Å². The van der Waals surface area contributed by atoms with Gasteiger partial charge in [-0.3, -0.25) is 5.32 Å². The zero-order valence-electron chi connectivity index (χ0n) is 4.15. The van der Waals surface area contributed by atoms with Gasteiger partial charge in [0.15, 0.2) is 0 Å². The first kappa shape index (κ1) is 4.09. The summed E-state index contributed by atoms with van der Waals surface area (Å²) in [6, 6.07) is 0.704. The van der Waals surface area contributed by atoms with Crippen LogP contribution in [0.1, 0.15) is 6.92 Å². The van der Waals surface area contributed by atoms with E-state index in [0.717, 1.165) is 0 Å². The Morgan fingerprint density at radius 2 is 2.17 bits per heavy atom. The minimum Gasteiger partial charge on any atom is -0.304 e. The molecule has 0 bridgehead atoms. The fourth-order valence-electron chi connectivity index (χ4n) is 0.561. The molecule has 1 aliphatic rings. The highest BCUT2D eigenvalue weighted by Gasteiger charge is 2.28. The molecule has 0 aromatic carbocycles. The monoisotopic (exact) mass is 86.1 g/mol. The largest absolute Gasteiger partial charge is 0.304 e. The van der Waals surface area contributed by atoms with Crippen molar-refractivity contribution in [3.63, 3.8) is 0 Å². The molecule has 1 aliphatic heterocycles. The van der Waals surface area contributed by atoms with Crippen molar-refractivity contribution in [3.8, 4) is 0 Å². The summed E-state index contributed by atoms with van der Waals surface area (Å²) in [4.78, 5) is 0.